The maximum Gasteiger partial charge on any atom is 0.223 e. The standard InChI is InChI=1S/C16H21NO2S/c18-11-5-4-8-14-9-10-15(20-14)12-17-16(19)13-6-2-1-3-7-13/h9-10,13,18H,1-3,5-7,11-12H2,(H,17,19). The normalized spacial score (nSPS) is 15.4. The highest BCUT2D eigenvalue weighted by Gasteiger charge is 2.20. The van der Waals surface area contributed by atoms with Crippen LogP contribution in [-0.2, 0) is 11.3 Å². The number of nitrogens with one attached hydrogen (secondary N) is 1. The smallest absolute Gasteiger partial charge is 0.223 e. The van der Waals surface area contributed by atoms with E-state index in [0.29, 0.717) is 13.0 Å². The van der Waals surface area contributed by atoms with Gasteiger partial charge in [-0.1, -0.05) is 31.1 Å². The molecule has 0 spiro atoms. The number of thiophene rings is 1. The topological polar surface area (TPSA) is 49.3 Å². The maximum absolute atomic E-state index is 12.0. The van der Waals surface area contributed by atoms with E-state index in [-0.39, 0.29) is 18.4 Å². The Bertz CT molecular complexity index is 492. The first-order chi connectivity index (χ1) is 9.79. The molecule has 108 valence electrons. The first kappa shape index (κ1) is 15.1. The highest BCUT2D eigenvalue weighted by molar-refractivity contribution is 7.12. The fraction of sp³-hybridized carbons (Fsp3) is 0.562. The molecule has 1 heterocycles. The zero-order valence-electron chi connectivity index (χ0n) is 11.7. The van der Waals surface area contributed by atoms with Gasteiger partial charge >= 0.3 is 0 Å². The Labute approximate surface area is 124 Å². The highest BCUT2D eigenvalue weighted by atomic mass is 32.1. The Morgan fingerprint density at radius 1 is 1.35 bits per heavy atom. The minimum atomic E-state index is 0.0999. The summed E-state index contributed by atoms with van der Waals surface area (Å²) in [7, 11) is 0. The van der Waals surface area contributed by atoms with E-state index in [1.165, 1.54) is 19.3 Å². The molecular formula is C16H21NO2S. The van der Waals surface area contributed by atoms with Crippen molar-refractivity contribution in [2.24, 2.45) is 5.92 Å². The highest BCUT2D eigenvalue weighted by Crippen LogP contribution is 2.24. The molecular weight excluding hydrogens is 270 g/mol. The number of aliphatic hydroxyl groups is 1. The van der Waals surface area contributed by atoms with Crippen molar-refractivity contribution < 1.29 is 9.90 Å². The van der Waals surface area contributed by atoms with Crippen LogP contribution in [0.4, 0.5) is 0 Å². The second kappa shape index (κ2) is 8.08. The second-order valence-corrected chi connectivity index (χ2v) is 6.26. The number of carbonyl (C=O) groups is 1. The maximum atomic E-state index is 12.0. The van der Waals surface area contributed by atoms with Crippen LogP contribution in [0.3, 0.4) is 0 Å². The van der Waals surface area contributed by atoms with Gasteiger partial charge in [-0.25, -0.2) is 0 Å². The van der Waals surface area contributed by atoms with Crippen LogP contribution >= 0.6 is 11.3 Å². The summed E-state index contributed by atoms with van der Waals surface area (Å²) in [6.07, 6.45) is 6.21. The molecule has 20 heavy (non-hydrogen) atoms. The van der Waals surface area contributed by atoms with Crippen LogP contribution in [0.2, 0.25) is 0 Å². The average molecular weight is 291 g/mol. The number of carbonyl (C=O) groups excluding carboxylic acids is 1. The van der Waals surface area contributed by atoms with E-state index in [1.54, 1.807) is 11.3 Å². The Morgan fingerprint density at radius 3 is 2.90 bits per heavy atom. The van der Waals surface area contributed by atoms with Crippen LogP contribution in [0, 0.1) is 17.8 Å². The minimum Gasteiger partial charge on any atom is -0.395 e. The molecule has 0 aromatic carbocycles. The summed E-state index contributed by atoms with van der Waals surface area (Å²) in [6.45, 7) is 0.699. The molecule has 1 aromatic rings. The molecule has 2 rings (SSSR count). The lowest BCUT2D eigenvalue weighted by Crippen LogP contribution is -2.31. The van der Waals surface area contributed by atoms with E-state index in [2.05, 4.69) is 17.2 Å². The number of rotatable bonds is 4. The molecule has 1 aromatic heterocycles. The largest absolute Gasteiger partial charge is 0.395 e. The average Bonchev–Trinajstić information content (AvgIpc) is 2.94. The van der Waals surface area contributed by atoms with Crippen LogP contribution in [0.15, 0.2) is 12.1 Å². The molecule has 2 N–H and O–H groups in total. The molecule has 1 fully saturated rings. The zero-order chi connectivity index (χ0) is 14.2. The molecule has 1 aliphatic carbocycles. The van der Waals surface area contributed by atoms with Gasteiger partial charge in [-0.3, -0.25) is 4.79 Å². The summed E-state index contributed by atoms with van der Waals surface area (Å²) in [4.78, 5) is 14.1. The second-order valence-electron chi connectivity index (χ2n) is 5.09. The summed E-state index contributed by atoms with van der Waals surface area (Å²) in [6, 6.07) is 3.98. The van der Waals surface area contributed by atoms with Gasteiger partial charge in [0.25, 0.3) is 0 Å². The fourth-order valence-electron chi connectivity index (χ4n) is 2.43. The van der Waals surface area contributed by atoms with Gasteiger partial charge in [0.05, 0.1) is 18.0 Å². The van der Waals surface area contributed by atoms with E-state index in [9.17, 15) is 4.79 Å². The van der Waals surface area contributed by atoms with E-state index >= 15 is 0 Å². The van der Waals surface area contributed by atoms with Crippen molar-refractivity contribution >= 4 is 17.2 Å². The van der Waals surface area contributed by atoms with Crippen LogP contribution < -0.4 is 5.32 Å². The van der Waals surface area contributed by atoms with Crippen LogP contribution in [-0.4, -0.2) is 17.6 Å². The summed E-state index contributed by atoms with van der Waals surface area (Å²) in [5.74, 6) is 6.33. The monoisotopic (exact) mass is 291 g/mol. The molecule has 1 saturated carbocycles. The fourth-order valence-corrected chi connectivity index (χ4v) is 3.25. The van der Waals surface area contributed by atoms with Gasteiger partial charge in [0.15, 0.2) is 0 Å². The minimum absolute atomic E-state index is 0.0999. The third-order valence-corrected chi connectivity index (χ3v) is 4.52. The van der Waals surface area contributed by atoms with Crippen molar-refractivity contribution in [3.8, 4) is 11.8 Å². The van der Waals surface area contributed by atoms with Crippen molar-refractivity contribution in [2.45, 2.75) is 45.1 Å². The number of amides is 1. The van der Waals surface area contributed by atoms with Crippen LogP contribution in [0.1, 0.15) is 48.3 Å². The van der Waals surface area contributed by atoms with Gasteiger partial charge in [0.1, 0.15) is 0 Å². The lowest BCUT2D eigenvalue weighted by Gasteiger charge is -2.20. The third kappa shape index (κ3) is 4.66. The molecule has 0 atom stereocenters. The van der Waals surface area contributed by atoms with Gasteiger partial charge < -0.3 is 10.4 Å². The number of hydrogen-bond acceptors (Lipinski definition) is 3. The Balaban J connectivity index is 1.79. The Hall–Kier alpha value is -1.31. The molecule has 0 aliphatic heterocycles. The van der Waals surface area contributed by atoms with Crippen LogP contribution in [0.25, 0.3) is 0 Å². The molecule has 0 radical (unpaired) electrons. The van der Waals surface area contributed by atoms with E-state index in [4.69, 9.17) is 5.11 Å². The first-order valence-electron chi connectivity index (χ1n) is 7.26. The summed E-state index contributed by atoms with van der Waals surface area (Å²) in [5, 5.41) is 11.7. The summed E-state index contributed by atoms with van der Waals surface area (Å²) in [5.41, 5.74) is 0. The quantitative estimate of drug-likeness (QED) is 0.838. The van der Waals surface area contributed by atoms with Gasteiger partial charge in [0, 0.05) is 17.2 Å². The first-order valence-corrected chi connectivity index (χ1v) is 8.07. The summed E-state index contributed by atoms with van der Waals surface area (Å²) < 4.78 is 0. The van der Waals surface area contributed by atoms with Crippen LogP contribution in [0.5, 0.6) is 0 Å². The van der Waals surface area contributed by atoms with Crippen molar-refractivity contribution in [2.75, 3.05) is 6.61 Å². The Morgan fingerprint density at radius 2 is 2.15 bits per heavy atom. The van der Waals surface area contributed by atoms with Gasteiger partial charge in [-0.15, -0.1) is 11.3 Å². The van der Waals surface area contributed by atoms with Crippen molar-refractivity contribution in [3.63, 3.8) is 0 Å². The molecule has 0 saturated heterocycles. The van der Waals surface area contributed by atoms with Gasteiger partial charge in [-0.05, 0) is 25.0 Å². The lowest BCUT2D eigenvalue weighted by molar-refractivity contribution is -0.126. The van der Waals surface area contributed by atoms with Crippen molar-refractivity contribution in [1.29, 1.82) is 0 Å². The summed E-state index contributed by atoms with van der Waals surface area (Å²) >= 11 is 1.60. The van der Waals surface area contributed by atoms with Gasteiger partial charge in [0.2, 0.25) is 5.91 Å². The van der Waals surface area contributed by atoms with E-state index in [0.717, 1.165) is 22.6 Å². The molecule has 3 nitrogen and oxygen atoms in total. The van der Waals surface area contributed by atoms with Crippen molar-refractivity contribution in [1.82, 2.24) is 5.32 Å². The van der Waals surface area contributed by atoms with E-state index < -0.39 is 0 Å². The predicted octanol–water partition coefficient (Wildman–Crippen LogP) is 2.68. The predicted molar refractivity (Wildman–Crippen MR) is 81.3 cm³/mol. The van der Waals surface area contributed by atoms with Crippen molar-refractivity contribution in [3.05, 3.63) is 21.9 Å². The molecule has 0 bridgehead atoms. The lowest BCUT2D eigenvalue weighted by atomic mass is 9.89. The van der Waals surface area contributed by atoms with E-state index in [1.807, 2.05) is 12.1 Å². The number of aliphatic hydroxyl groups excluding tert-OH is 1. The molecule has 4 heteroatoms. The Kier molecular flexibility index (Phi) is 6.10. The third-order valence-electron chi connectivity index (χ3n) is 3.52. The SMILES string of the molecule is O=C(NCc1ccc(C#CCCO)s1)C1CCCCC1. The molecule has 1 amide bonds. The van der Waals surface area contributed by atoms with Gasteiger partial charge in [-0.2, -0.15) is 0 Å². The zero-order valence-corrected chi connectivity index (χ0v) is 12.5. The molecule has 1 aliphatic rings. The number of hydrogen-bond donors (Lipinski definition) is 2. The molecule has 0 unspecified atom stereocenters.